The van der Waals surface area contributed by atoms with Gasteiger partial charge in [-0.25, -0.2) is 9.78 Å². The first-order valence-corrected chi connectivity index (χ1v) is 13.2. The number of benzene rings is 1. The first-order chi connectivity index (χ1) is 18.0. The number of nitrogens with zero attached hydrogens (tertiary/aromatic N) is 2. The van der Waals surface area contributed by atoms with Crippen LogP contribution in [-0.2, 0) is 10.2 Å². The SMILES string of the molecule is Cc1ccc(NC(=O)N2CC[C@@H](CC(F)(F)F)C2)cc1-c1cc(N[C@H](C)CO)nc([C@@]23COC[C@@H]2[C@@H]3C)c1. The van der Waals surface area contributed by atoms with Gasteiger partial charge in [0, 0.05) is 36.7 Å². The Balaban J connectivity index is 1.40. The summed E-state index contributed by atoms with van der Waals surface area (Å²) in [5.41, 5.74) is 4.28. The van der Waals surface area contributed by atoms with Gasteiger partial charge in [-0.05, 0) is 79.0 Å². The third kappa shape index (κ3) is 5.20. The van der Waals surface area contributed by atoms with E-state index in [2.05, 4.69) is 23.6 Å². The van der Waals surface area contributed by atoms with Gasteiger partial charge in [-0.3, -0.25) is 0 Å². The van der Waals surface area contributed by atoms with E-state index < -0.39 is 24.5 Å². The van der Waals surface area contributed by atoms with Crippen LogP contribution in [0, 0.1) is 24.7 Å². The predicted octanol–water partition coefficient (Wildman–Crippen LogP) is 5.19. The quantitative estimate of drug-likeness (QED) is 0.457. The van der Waals surface area contributed by atoms with Crippen LogP contribution in [0.15, 0.2) is 30.3 Å². The number of hydrogen-bond donors (Lipinski definition) is 3. The van der Waals surface area contributed by atoms with Gasteiger partial charge in [0.05, 0.1) is 25.5 Å². The number of likely N-dealkylation sites (tertiary alicyclic amines) is 1. The van der Waals surface area contributed by atoms with E-state index in [-0.39, 0.29) is 24.6 Å². The summed E-state index contributed by atoms with van der Waals surface area (Å²) in [6.07, 6.45) is -4.75. The Morgan fingerprint density at radius 3 is 2.79 bits per heavy atom. The fraction of sp³-hybridized carbons (Fsp3) is 0.571. The molecule has 0 spiro atoms. The lowest BCUT2D eigenvalue weighted by atomic mass is 9.94. The van der Waals surface area contributed by atoms with E-state index in [0.717, 1.165) is 29.0 Å². The number of aliphatic hydroxyl groups excluding tert-OH is 1. The highest BCUT2D eigenvalue weighted by molar-refractivity contribution is 5.90. The second kappa shape index (κ2) is 10.0. The number of aromatic nitrogens is 1. The van der Waals surface area contributed by atoms with Crippen molar-refractivity contribution >= 4 is 17.5 Å². The highest BCUT2D eigenvalue weighted by Gasteiger charge is 2.67. The Labute approximate surface area is 220 Å². The molecule has 3 heterocycles. The average molecular weight is 533 g/mol. The van der Waals surface area contributed by atoms with E-state index in [1.165, 1.54) is 4.90 Å². The van der Waals surface area contributed by atoms with Crippen LogP contribution >= 0.6 is 0 Å². The summed E-state index contributed by atoms with van der Waals surface area (Å²) >= 11 is 0. The van der Waals surface area contributed by atoms with Gasteiger partial charge in [-0.15, -0.1) is 0 Å². The molecule has 38 heavy (non-hydrogen) atoms. The second-order valence-corrected chi connectivity index (χ2v) is 11.2. The minimum atomic E-state index is -4.22. The molecule has 5 atom stereocenters. The molecular formula is C28H35F3N4O3. The van der Waals surface area contributed by atoms with Crippen molar-refractivity contribution in [3.8, 4) is 11.1 Å². The molecule has 0 radical (unpaired) electrons. The molecule has 3 aliphatic rings. The number of carbonyl (C=O) groups is 1. The summed E-state index contributed by atoms with van der Waals surface area (Å²) < 4.78 is 44.1. The molecule has 1 aromatic carbocycles. The highest BCUT2D eigenvalue weighted by atomic mass is 19.4. The van der Waals surface area contributed by atoms with Gasteiger partial charge in [-0.1, -0.05) is 13.0 Å². The van der Waals surface area contributed by atoms with Crippen molar-refractivity contribution in [3.05, 3.63) is 41.6 Å². The fourth-order valence-electron chi connectivity index (χ4n) is 6.13. The van der Waals surface area contributed by atoms with E-state index in [9.17, 15) is 23.1 Å². The molecule has 2 aliphatic heterocycles. The predicted molar refractivity (Wildman–Crippen MR) is 139 cm³/mol. The molecule has 3 fully saturated rings. The van der Waals surface area contributed by atoms with Crippen LogP contribution in [0.5, 0.6) is 0 Å². The van der Waals surface area contributed by atoms with Crippen molar-refractivity contribution in [2.75, 3.05) is 43.5 Å². The Bertz CT molecular complexity index is 1210. The lowest BCUT2D eigenvalue weighted by molar-refractivity contribution is -0.143. The molecule has 3 N–H and O–H groups in total. The summed E-state index contributed by atoms with van der Waals surface area (Å²) in [6.45, 7) is 7.83. The number of alkyl halides is 3. The number of pyridine rings is 1. The Morgan fingerprint density at radius 2 is 2.11 bits per heavy atom. The standard InChI is InChI=1S/C28H35F3N4O3/c1-16-4-5-21(33-26(37)35-7-6-19(12-35)11-28(29,30)31)10-22(16)20-8-24(27-15-38-14-23(27)18(27)3)34-25(9-20)32-17(2)13-36/h4-5,8-10,17-19,23,36H,6-7,11-15H2,1-3H3,(H,32,34)(H,33,37)/t17-,18+,19+,23-,27-/m1/s1. The number of halogens is 3. The molecule has 0 bridgehead atoms. The Morgan fingerprint density at radius 1 is 1.32 bits per heavy atom. The van der Waals surface area contributed by atoms with E-state index in [1.807, 2.05) is 32.0 Å². The maximum Gasteiger partial charge on any atom is 0.389 e. The van der Waals surface area contributed by atoms with Gasteiger partial charge in [-0.2, -0.15) is 13.2 Å². The van der Waals surface area contributed by atoms with Crippen molar-refractivity contribution in [2.45, 2.75) is 51.2 Å². The van der Waals surface area contributed by atoms with Crippen LogP contribution < -0.4 is 10.6 Å². The smallest absolute Gasteiger partial charge is 0.389 e. The largest absolute Gasteiger partial charge is 0.394 e. The van der Waals surface area contributed by atoms with Crippen molar-refractivity contribution in [1.29, 1.82) is 0 Å². The number of anilines is 2. The van der Waals surface area contributed by atoms with Crippen LogP contribution in [-0.4, -0.2) is 66.1 Å². The topological polar surface area (TPSA) is 86.7 Å². The first kappa shape index (κ1) is 26.7. The molecule has 2 amide bonds. The molecule has 10 heteroatoms. The third-order valence-corrected chi connectivity index (χ3v) is 8.47. The number of nitrogens with one attached hydrogen (secondary N) is 2. The number of carbonyl (C=O) groups excluding carboxylic acids is 1. The molecule has 1 saturated carbocycles. The molecule has 2 saturated heterocycles. The van der Waals surface area contributed by atoms with Gasteiger partial charge >= 0.3 is 12.2 Å². The third-order valence-electron chi connectivity index (χ3n) is 8.47. The molecule has 2 aromatic rings. The maximum absolute atomic E-state index is 12.9. The monoisotopic (exact) mass is 532 g/mol. The number of ether oxygens (including phenoxy) is 1. The van der Waals surface area contributed by atoms with E-state index in [4.69, 9.17) is 9.72 Å². The summed E-state index contributed by atoms with van der Waals surface area (Å²) in [6, 6.07) is 9.09. The fourth-order valence-corrected chi connectivity index (χ4v) is 6.13. The average Bonchev–Trinajstić information content (AvgIpc) is 3.23. The number of rotatable bonds is 7. The van der Waals surface area contributed by atoms with Gasteiger partial charge in [0.2, 0.25) is 0 Å². The van der Waals surface area contributed by atoms with Gasteiger partial charge in [0.25, 0.3) is 0 Å². The number of fused-ring (bicyclic) bond motifs is 1. The van der Waals surface area contributed by atoms with Crippen molar-refractivity contribution in [2.24, 2.45) is 17.8 Å². The zero-order chi connectivity index (χ0) is 27.2. The minimum absolute atomic E-state index is 0.0323. The lowest BCUT2D eigenvalue weighted by Crippen LogP contribution is -2.33. The molecule has 1 aromatic heterocycles. The molecule has 206 valence electrons. The molecule has 0 unspecified atom stereocenters. The summed E-state index contributed by atoms with van der Waals surface area (Å²) in [7, 11) is 0. The van der Waals surface area contributed by atoms with Crippen molar-refractivity contribution in [1.82, 2.24) is 9.88 Å². The van der Waals surface area contributed by atoms with Crippen molar-refractivity contribution < 1.29 is 27.8 Å². The van der Waals surface area contributed by atoms with Crippen LogP contribution in [0.3, 0.4) is 0 Å². The highest BCUT2D eigenvalue weighted by Crippen LogP contribution is 2.63. The van der Waals surface area contributed by atoms with Crippen LogP contribution in [0.1, 0.15) is 37.9 Å². The van der Waals surface area contributed by atoms with Crippen molar-refractivity contribution in [3.63, 3.8) is 0 Å². The minimum Gasteiger partial charge on any atom is -0.394 e. The number of hydrogen-bond acceptors (Lipinski definition) is 5. The van der Waals surface area contributed by atoms with Gasteiger partial charge in [0.1, 0.15) is 5.82 Å². The maximum atomic E-state index is 12.9. The number of amides is 2. The number of urea groups is 1. The van der Waals surface area contributed by atoms with E-state index >= 15 is 0 Å². The lowest BCUT2D eigenvalue weighted by Gasteiger charge is -2.20. The number of aliphatic hydroxyl groups is 1. The molecule has 7 nitrogen and oxygen atoms in total. The summed E-state index contributed by atoms with van der Waals surface area (Å²) in [5.74, 6) is 1.00. The molecular weight excluding hydrogens is 497 g/mol. The van der Waals surface area contributed by atoms with Gasteiger partial charge < -0.3 is 25.4 Å². The van der Waals surface area contributed by atoms with Crippen LogP contribution in [0.25, 0.3) is 11.1 Å². The first-order valence-electron chi connectivity index (χ1n) is 13.2. The zero-order valence-electron chi connectivity index (χ0n) is 21.9. The molecule has 1 aliphatic carbocycles. The van der Waals surface area contributed by atoms with Crippen LogP contribution in [0.4, 0.5) is 29.5 Å². The van der Waals surface area contributed by atoms with Crippen LogP contribution in [0.2, 0.25) is 0 Å². The normalized spacial score (nSPS) is 27.2. The zero-order valence-corrected chi connectivity index (χ0v) is 21.9. The summed E-state index contributed by atoms with van der Waals surface area (Å²) in [5, 5.41) is 15.7. The van der Waals surface area contributed by atoms with E-state index in [0.29, 0.717) is 42.9 Å². The second-order valence-electron chi connectivity index (χ2n) is 11.2. The molecule has 5 rings (SSSR count). The van der Waals surface area contributed by atoms with Gasteiger partial charge in [0.15, 0.2) is 0 Å². The van der Waals surface area contributed by atoms with E-state index in [1.54, 1.807) is 6.07 Å². The summed E-state index contributed by atoms with van der Waals surface area (Å²) in [4.78, 5) is 19.2. The number of aryl methyl sites for hydroxylation is 1. The Kier molecular flexibility index (Phi) is 7.06. The Hall–Kier alpha value is -2.85.